The van der Waals surface area contributed by atoms with Crippen molar-refractivity contribution in [1.29, 1.82) is 0 Å². The van der Waals surface area contributed by atoms with Crippen LogP contribution < -0.4 is 14.8 Å². The van der Waals surface area contributed by atoms with Crippen LogP contribution in [0.15, 0.2) is 53.9 Å². The molecule has 1 aromatic heterocycles. The van der Waals surface area contributed by atoms with Gasteiger partial charge >= 0.3 is 0 Å². The van der Waals surface area contributed by atoms with Gasteiger partial charge in [-0.2, -0.15) is 0 Å². The molecular formula is C20H19N3O3S. The van der Waals surface area contributed by atoms with Gasteiger partial charge in [0.05, 0.1) is 5.69 Å². The van der Waals surface area contributed by atoms with E-state index in [0.29, 0.717) is 10.9 Å². The summed E-state index contributed by atoms with van der Waals surface area (Å²) in [6.07, 6.45) is 0. The molecule has 0 fully saturated rings. The number of ether oxygens (including phenoxy) is 2. The van der Waals surface area contributed by atoms with Gasteiger partial charge in [-0.25, -0.2) is 4.98 Å². The van der Waals surface area contributed by atoms with Crippen molar-refractivity contribution in [2.24, 2.45) is 0 Å². The Balaban J connectivity index is 1.52. The number of nitrogens with zero attached hydrogens (tertiary/aromatic N) is 2. The number of carbonyl (C=O) groups excluding carboxylic acids is 1. The molecule has 6 nitrogen and oxygen atoms in total. The minimum atomic E-state index is -0.385. The number of amides is 1. The zero-order valence-corrected chi connectivity index (χ0v) is 15.8. The average Bonchev–Trinajstić information content (AvgIpc) is 3.31. The molecule has 1 aliphatic rings. The van der Waals surface area contributed by atoms with Gasteiger partial charge in [-0.3, -0.25) is 9.69 Å². The van der Waals surface area contributed by atoms with E-state index < -0.39 is 0 Å². The lowest BCUT2D eigenvalue weighted by atomic mass is 10.1. The first kappa shape index (κ1) is 17.5. The predicted molar refractivity (Wildman–Crippen MR) is 105 cm³/mol. The van der Waals surface area contributed by atoms with E-state index in [4.69, 9.17) is 9.47 Å². The molecule has 1 aliphatic heterocycles. The summed E-state index contributed by atoms with van der Waals surface area (Å²) in [5.41, 5.74) is 2.64. The first-order valence-electron chi connectivity index (χ1n) is 8.49. The Morgan fingerprint density at radius 1 is 1.15 bits per heavy atom. The number of hydrogen-bond donors (Lipinski definition) is 1. The molecule has 1 atom stereocenters. The average molecular weight is 381 g/mol. The van der Waals surface area contributed by atoms with Crippen molar-refractivity contribution in [2.75, 3.05) is 26.2 Å². The van der Waals surface area contributed by atoms with Crippen LogP contribution in [0, 0.1) is 0 Å². The van der Waals surface area contributed by atoms with Gasteiger partial charge < -0.3 is 14.8 Å². The Morgan fingerprint density at radius 3 is 2.70 bits per heavy atom. The molecule has 2 heterocycles. The number of carbonyl (C=O) groups is 1. The van der Waals surface area contributed by atoms with E-state index in [-0.39, 0.29) is 18.7 Å². The van der Waals surface area contributed by atoms with Crippen molar-refractivity contribution in [3.05, 3.63) is 59.5 Å². The number of nitrogens with one attached hydrogen (secondary N) is 1. The second-order valence-corrected chi connectivity index (χ2v) is 7.23. The largest absolute Gasteiger partial charge is 0.454 e. The van der Waals surface area contributed by atoms with Gasteiger partial charge in [-0.15, -0.1) is 11.3 Å². The number of rotatable bonds is 5. The van der Waals surface area contributed by atoms with Gasteiger partial charge in [0, 0.05) is 10.9 Å². The van der Waals surface area contributed by atoms with Crippen molar-refractivity contribution in [3.63, 3.8) is 0 Å². The zero-order chi connectivity index (χ0) is 18.8. The van der Waals surface area contributed by atoms with E-state index in [0.717, 1.165) is 22.6 Å². The SMILES string of the molecule is CN(C)C(C(=O)Nc1nc(-c2ccc3c(c2)OCO3)cs1)c1ccccc1. The summed E-state index contributed by atoms with van der Waals surface area (Å²) < 4.78 is 10.8. The fourth-order valence-electron chi connectivity index (χ4n) is 3.01. The monoisotopic (exact) mass is 381 g/mol. The van der Waals surface area contributed by atoms with Gasteiger partial charge in [0.25, 0.3) is 0 Å². The van der Waals surface area contributed by atoms with Crippen LogP contribution in [0.2, 0.25) is 0 Å². The molecule has 1 amide bonds. The van der Waals surface area contributed by atoms with E-state index in [1.54, 1.807) is 0 Å². The van der Waals surface area contributed by atoms with Gasteiger partial charge in [0.2, 0.25) is 12.7 Å². The van der Waals surface area contributed by atoms with Gasteiger partial charge in [0.15, 0.2) is 16.6 Å². The van der Waals surface area contributed by atoms with E-state index in [2.05, 4.69) is 10.3 Å². The standard InChI is InChI=1S/C20H19N3O3S/c1-23(2)18(13-6-4-3-5-7-13)19(24)22-20-21-15(11-27-20)14-8-9-16-17(10-14)26-12-25-16/h3-11,18H,12H2,1-2H3,(H,21,22,24). The van der Waals surface area contributed by atoms with Crippen molar-refractivity contribution in [1.82, 2.24) is 9.88 Å². The molecule has 0 saturated heterocycles. The molecule has 0 radical (unpaired) electrons. The number of likely N-dealkylation sites (N-methyl/N-ethyl adjacent to an activating group) is 1. The lowest BCUT2D eigenvalue weighted by molar-refractivity contribution is -0.120. The van der Waals surface area contributed by atoms with Crippen LogP contribution in [-0.2, 0) is 4.79 Å². The van der Waals surface area contributed by atoms with Gasteiger partial charge in [-0.1, -0.05) is 30.3 Å². The molecule has 27 heavy (non-hydrogen) atoms. The fourth-order valence-corrected chi connectivity index (χ4v) is 3.74. The molecule has 7 heteroatoms. The molecule has 0 saturated carbocycles. The molecule has 0 spiro atoms. The summed E-state index contributed by atoms with van der Waals surface area (Å²) in [7, 11) is 3.77. The quantitative estimate of drug-likeness (QED) is 0.729. The summed E-state index contributed by atoms with van der Waals surface area (Å²) >= 11 is 1.40. The number of benzene rings is 2. The molecule has 1 N–H and O–H groups in total. The van der Waals surface area contributed by atoms with Crippen LogP contribution in [0.3, 0.4) is 0 Å². The smallest absolute Gasteiger partial charge is 0.248 e. The first-order chi connectivity index (χ1) is 13.1. The molecule has 138 valence electrons. The second kappa shape index (κ2) is 7.38. The van der Waals surface area contributed by atoms with E-state index >= 15 is 0 Å². The van der Waals surface area contributed by atoms with Crippen LogP contribution in [-0.4, -0.2) is 36.7 Å². The Labute approximate surface area is 161 Å². The minimum Gasteiger partial charge on any atom is -0.454 e. The van der Waals surface area contributed by atoms with Gasteiger partial charge in [0.1, 0.15) is 6.04 Å². The third-order valence-corrected chi connectivity index (χ3v) is 5.04. The summed E-state index contributed by atoms with van der Waals surface area (Å²) in [5.74, 6) is 1.33. The second-order valence-electron chi connectivity index (χ2n) is 6.37. The van der Waals surface area contributed by atoms with Crippen molar-refractivity contribution >= 4 is 22.4 Å². The van der Waals surface area contributed by atoms with Gasteiger partial charge in [-0.05, 0) is 37.9 Å². The highest BCUT2D eigenvalue weighted by Gasteiger charge is 2.24. The molecule has 2 aromatic carbocycles. The normalized spacial score (nSPS) is 13.6. The molecule has 0 aliphatic carbocycles. The lowest BCUT2D eigenvalue weighted by Gasteiger charge is -2.23. The van der Waals surface area contributed by atoms with E-state index in [1.807, 2.05) is 72.9 Å². The topological polar surface area (TPSA) is 63.7 Å². The predicted octanol–water partition coefficient (Wildman–Crippen LogP) is 3.78. The first-order valence-corrected chi connectivity index (χ1v) is 9.37. The minimum absolute atomic E-state index is 0.113. The number of hydrogen-bond acceptors (Lipinski definition) is 6. The number of anilines is 1. The summed E-state index contributed by atoms with van der Waals surface area (Å²) in [5, 5.41) is 5.42. The maximum atomic E-state index is 12.8. The highest BCUT2D eigenvalue weighted by molar-refractivity contribution is 7.14. The maximum absolute atomic E-state index is 12.8. The van der Waals surface area contributed by atoms with E-state index in [1.165, 1.54) is 11.3 Å². The van der Waals surface area contributed by atoms with Crippen LogP contribution in [0.25, 0.3) is 11.3 Å². The Morgan fingerprint density at radius 2 is 1.93 bits per heavy atom. The summed E-state index contributed by atoms with van der Waals surface area (Å²) in [4.78, 5) is 19.3. The number of aromatic nitrogens is 1. The van der Waals surface area contributed by atoms with Crippen LogP contribution in [0.5, 0.6) is 11.5 Å². The fraction of sp³-hybridized carbons (Fsp3) is 0.200. The maximum Gasteiger partial charge on any atom is 0.248 e. The summed E-state index contributed by atoms with van der Waals surface area (Å²) in [6, 6.07) is 15.0. The van der Waals surface area contributed by atoms with Crippen molar-refractivity contribution in [2.45, 2.75) is 6.04 Å². The molecule has 0 bridgehead atoms. The zero-order valence-electron chi connectivity index (χ0n) is 15.0. The van der Waals surface area contributed by atoms with Crippen molar-refractivity contribution < 1.29 is 14.3 Å². The Hall–Kier alpha value is -2.90. The summed E-state index contributed by atoms with van der Waals surface area (Å²) in [6.45, 7) is 0.239. The number of thiazole rings is 1. The Bertz CT molecular complexity index is 956. The van der Waals surface area contributed by atoms with Crippen LogP contribution in [0.1, 0.15) is 11.6 Å². The molecular weight excluding hydrogens is 362 g/mol. The third kappa shape index (κ3) is 3.65. The van der Waals surface area contributed by atoms with E-state index in [9.17, 15) is 4.79 Å². The third-order valence-electron chi connectivity index (χ3n) is 4.28. The highest BCUT2D eigenvalue weighted by Crippen LogP contribution is 2.36. The molecule has 3 aromatic rings. The molecule has 1 unspecified atom stereocenters. The highest BCUT2D eigenvalue weighted by atomic mass is 32.1. The van der Waals surface area contributed by atoms with Crippen molar-refractivity contribution in [3.8, 4) is 22.8 Å². The lowest BCUT2D eigenvalue weighted by Crippen LogP contribution is -2.32. The van der Waals surface area contributed by atoms with Crippen LogP contribution in [0.4, 0.5) is 5.13 Å². The molecule has 4 rings (SSSR count). The Kier molecular flexibility index (Phi) is 4.79. The van der Waals surface area contributed by atoms with Crippen LogP contribution >= 0.6 is 11.3 Å². The number of fused-ring (bicyclic) bond motifs is 1.